The summed E-state index contributed by atoms with van der Waals surface area (Å²) in [5, 5.41) is 12.7. The molecule has 0 radical (unpaired) electrons. The molecule has 1 aromatic carbocycles. The van der Waals surface area contributed by atoms with E-state index in [1.807, 2.05) is 19.1 Å². The minimum Gasteiger partial charge on any atom is -0.394 e. The zero-order chi connectivity index (χ0) is 14.6. The first-order valence-corrected chi connectivity index (χ1v) is 7.78. The van der Waals surface area contributed by atoms with Gasteiger partial charge in [0, 0.05) is 11.9 Å². The van der Waals surface area contributed by atoms with Gasteiger partial charge in [-0.05, 0) is 24.1 Å². The van der Waals surface area contributed by atoms with Crippen LogP contribution in [-0.2, 0) is 23.0 Å². The van der Waals surface area contributed by atoms with Crippen molar-refractivity contribution in [3.8, 4) is 0 Å². The molecular formula is C13H17N3O3S. The number of nitrogens with one attached hydrogen (secondary N) is 1. The van der Waals surface area contributed by atoms with Gasteiger partial charge in [-0.2, -0.15) is 5.10 Å². The van der Waals surface area contributed by atoms with Gasteiger partial charge in [-0.1, -0.05) is 19.1 Å². The SMILES string of the molecule is CCc1ccc(NS(=O)(=O)c2cnn(CCO)c2)cc1. The highest BCUT2D eigenvalue weighted by atomic mass is 32.2. The fraction of sp³-hybridized carbons (Fsp3) is 0.308. The van der Waals surface area contributed by atoms with Gasteiger partial charge in [0.05, 0.1) is 19.3 Å². The van der Waals surface area contributed by atoms with Crippen LogP contribution in [0.5, 0.6) is 0 Å². The van der Waals surface area contributed by atoms with Crippen LogP contribution in [0.1, 0.15) is 12.5 Å². The van der Waals surface area contributed by atoms with Gasteiger partial charge < -0.3 is 5.11 Å². The van der Waals surface area contributed by atoms with Crippen molar-refractivity contribution in [2.45, 2.75) is 24.8 Å². The Kier molecular flexibility index (Phi) is 4.41. The van der Waals surface area contributed by atoms with Crippen molar-refractivity contribution in [2.24, 2.45) is 0 Å². The summed E-state index contributed by atoms with van der Waals surface area (Å²) < 4.78 is 28.2. The Labute approximate surface area is 118 Å². The number of aliphatic hydroxyl groups excluding tert-OH is 1. The van der Waals surface area contributed by atoms with Gasteiger partial charge in [0.2, 0.25) is 0 Å². The molecule has 2 N–H and O–H groups in total. The van der Waals surface area contributed by atoms with Crippen molar-refractivity contribution in [3.05, 3.63) is 42.2 Å². The highest BCUT2D eigenvalue weighted by Gasteiger charge is 2.16. The minimum absolute atomic E-state index is 0.0746. The average molecular weight is 295 g/mol. The summed E-state index contributed by atoms with van der Waals surface area (Å²) in [5.74, 6) is 0. The number of hydrogen-bond donors (Lipinski definition) is 2. The first-order valence-electron chi connectivity index (χ1n) is 6.30. The van der Waals surface area contributed by atoms with Gasteiger partial charge in [-0.3, -0.25) is 9.40 Å². The van der Waals surface area contributed by atoms with Crippen LogP contribution in [0.25, 0.3) is 0 Å². The van der Waals surface area contributed by atoms with Crippen LogP contribution in [0.2, 0.25) is 0 Å². The molecule has 108 valence electrons. The molecule has 0 aliphatic heterocycles. The summed E-state index contributed by atoms with van der Waals surface area (Å²) in [6.45, 7) is 2.21. The number of aliphatic hydroxyl groups is 1. The van der Waals surface area contributed by atoms with Crippen molar-refractivity contribution in [3.63, 3.8) is 0 Å². The van der Waals surface area contributed by atoms with E-state index in [0.29, 0.717) is 5.69 Å². The smallest absolute Gasteiger partial charge is 0.265 e. The lowest BCUT2D eigenvalue weighted by Gasteiger charge is -2.06. The molecule has 0 aliphatic carbocycles. The third-order valence-electron chi connectivity index (χ3n) is 2.86. The minimum atomic E-state index is -3.65. The van der Waals surface area contributed by atoms with Gasteiger partial charge in [0.1, 0.15) is 4.90 Å². The van der Waals surface area contributed by atoms with Crippen molar-refractivity contribution >= 4 is 15.7 Å². The van der Waals surface area contributed by atoms with E-state index in [1.54, 1.807) is 12.1 Å². The van der Waals surface area contributed by atoms with Crippen LogP contribution in [0.4, 0.5) is 5.69 Å². The van der Waals surface area contributed by atoms with E-state index >= 15 is 0 Å². The topological polar surface area (TPSA) is 84.2 Å². The Hall–Kier alpha value is -1.86. The Balaban J connectivity index is 2.16. The van der Waals surface area contributed by atoms with Gasteiger partial charge in [0.15, 0.2) is 0 Å². The summed E-state index contributed by atoms with van der Waals surface area (Å²) in [5.41, 5.74) is 1.65. The molecule has 1 heterocycles. The molecule has 2 aromatic rings. The Morgan fingerprint density at radius 2 is 2.00 bits per heavy atom. The number of sulfonamides is 1. The van der Waals surface area contributed by atoms with Gasteiger partial charge in [-0.25, -0.2) is 8.42 Å². The van der Waals surface area contributed by atoms with E-state index in [0.717, 1.165) is 12.0 Å². The molecule has 0 aliphatic rings. The molecule has 6 nitrogen and oxygen atoms in total. The molecule has 0 saturated heterocycles. The summed E-state index contributed by atoms with van der Waals surface area (Å²) in [6, 6.07) is 7.23. The van der Waals surface area contributed by atoms with Crippen molar-refractivity contribution < 1.29 is 13.5 Å². The van der Waals surface area contributed by atoms with E-state index in [1.165, 1.54) is 17.1 Å². The van der Waals surface area contributed by atoms with E-state index in [-0.39, 0.29) is 18.0 Å². The van der Waals surface area contributed by atoms with E-state index in [9.17, 15) is 8.42 Å². The second-order valence-corrected chi connectivity index (χ2v) is 6.00. The van der Waals surface area contributed by atoms with E-state index in [4.69, 9.17) is 5.11 Å². The van der Waals surface area contributed by atoms with Crippen LogP contribution in [0.3, 0.4) is 0 Å². The Morgan fingerprint density at radius 3 is 2.60 bits per heavy atom. The fourth-order valence-corrected chi connectivity index (χ4v) is 2.74. The maximum atomic E-state index is 12.1. The third kappa shape index (κ3) is 3.37. The summed E-state index contributed by atoms with van der Waals surface area (Å²) in [4.78, 5) is 0.0746. The number of anilines is 1. The van der Waals surface area contributed by atoms with Crippen LogP contribution in [0, 0.1) is 0 Å². The molecule has 0 saturated carbocycles. The van der Waals surface area contributed by atoms with Gasteiger partial charge >= 0.3 is 0 Å². The molecule has 7 heteroatoms. The van der Waals surface area contributed by atoms with Crippen molar-refractivity contribution in [1.29, 1.82) is 0 Å². The number of rotatable bonds is 6. The molecule has 0 fully saturated rings. The molecule has 2 rings (SSSR count). The highest BCUT2D eigenvalue weighted by molar-refractivity contribution is 7.92. The quantitative estimate of drug-likeness (QED) is 0.839. The summed E-state index contributed by atoms with van der Waals surface area (Å²) in [6.07, 6.45) is 3.55. The zero-order valence-electron chi connectivity index (χ0n) is 11.2. The van der Waals surface area contributed by atoms with Crippen molar-refractivity contribution in [2.75, 3.05) is 11.3 Å². The maximum Gasteiger partial charge on any atom is 0.265 e. The predicted octanol–water partition coefficient (Wildman–Crippen LogP) is 1.24. The predicted molar refractivity (Wildman–Crippen MR) is 75.9 cm³/mol. The zero-order valence-corrected chi connectivity index (χ0v) is 12.0. The van der Waals surface area contributed by atoms with Crippen LogP contribution in [0.15, 0.2) is 41.6 Å². The lowest BCUT2D eigenvalue weighted by atomic mass is 10.2. The van der Waals surface area contributed by atoms with Crippen LogP contribution < -0.4 is 4.72 Å². The van der Waals surface area contributed by atoms with Crippen LogP contribution in [-0.4, -0.2) is 29.9 Å². The molecule has 1 aromatic heterocycles. The maximum absolute atomic E-state index is 12.1. The Morgan fingerprint density at radius 1 is 1.30 bits per heavy atom. The molecule has 0 atom stereocenters. The van der Waals surface area contributed by atoms with Gasteiger partial charge in [0.25, 0.3) is 10.0 Å². The summed E-state index contributed by atoms with van der Waals surface area (Å²) in [7, 11) is -3.65. The van der Waals surface area contributed by atoms with E-state index < -0.39 is 10.0 Å². The second-order valence-electron chi connectivity index (χ2n) is 4.32. The monoisotopic (exact) mass is 295 g/mol. The lowest BCUT2D eigenvalue weighted by Crippen LogP contribution is -2.12. The summed E-state index contributed by atoms with van der Waals surface area (Å²) >= 11 is 0. The molecule has 20 heavy (non-hydrogen) atoms. The van der Waals surface area contributed by atoms with Crippen LogP contribution >= 0.6 is 0 Å². The van der Waals surface area contributed by atoms with E-state index in [2.05, 4.69) is 9.82 Å². The molecule has 0 bridgehead atoms. The lowest BCUT2D eigenvalue weighted by molar-refractivity contribution is 0.269. The standard InChI is InChI=1S/C13H17N3O3S/c1-2-11-3-5-12(6-4-11)15-20(18,19)13-9-14-16(10-13)7-8-17/h3-6,9-10,15,17H,2,7-8H2,1H3. The number of aromatic nitrogens is 2. The first kappa shape index (κ1) is 14.5. The number of hydrogen-bond acceptors (Lipinski definition) is 4. The number of nitrogens with zero attached hydrogens (tertiary/aromatic N) is 2. The molecule has 0 spiro atoms. The second kappa shape index (κ2) is 6.06. The largest absolute Gasteiger partial charge is 0.394 e. The molecular weight excluding hydrogens is 278 g/mol. The fourth-order valence-electron chi connectivity index (χ4n) is 1.73. The normalized spacial score (nSPS) is 11.5. The highest BCUT2D eigenvalue weighted by Crippen LogP contribution is 2.16. The first-order chi connectivity index (χ1) is 9.55. The Bertz CT molecular complexity index is 662. The van der Waals surface area contributed by atoms with Gasteiger partial charge in [-0.15, -0.1) is 0 Å². The van der Waals surface area contributed by atoms with Crippen molar-refractivity contribution in [1.82, 2.24) is 9.78 Å². The molecule has 0 amide bonds. The third-order valence-corrected chi connectivity index (χ3v) is 4.20. The number of benzene rings is 1. The molecule has 0 unspecified atom stereocenters. The average Bonchev–Trinajstić information content (AvgIpc) is 2.89. The number of aryl methyl sites for hydroxylation is 1.